The third kappa shape index (κ3) is 62.1. The van der Waals surface area contributed by atoms with Crippen molar-refractivity contribution >= 4 is 17.9 Å². The normalized spacial score (nSPS) is 13.1. The van der Waals surface area contributed by atoms with Crippen LogP contribution < -0.4 is 0 Å². The molecule has 0 saturated heterocycles. The van der Waals surface area contributed by atoms with Gasteiger partial charge in [0.15, 0.2) is 6.10 Å². The van der Waals surface area contributed by atoms with Crippen LogP contribution in [0.5, 0.6) is 0 Å². The van der Waals surface area contributed by atoms with Gasteiger partial charge in [0.2, 0.25) is 0 Å². The molecule has 0 heterocycles. The number of ether oxygens (including phenoxy) is 3. The molecule has 6 heteroatoms. The summed E-state index contributed by atoms with van der Waals surface area (Å²) in [5.74, 6) is -0.970. The average molecular weight is 1080 g/mol. The van der Waals surface area contributed by atoms with Gasteiger partial charge in [0.05, 0.1) is 0 Å². The number of unbranched alkanes of at least 4 members (excludes halogenated alkanes) is 21. The second-order valence-corrected chi connectivity index (χ2v) is 20.6. The Morgan fingerprint density at radius 1 is 0.269 bits per heavy atom. The highest BCUT2D eigenvalue weighted by Gasteiger charge is 2.19. The molecular weight excluding hydrogens is 961 g/mol. The van der Waals surface area contributed by atoms with Crippen molar-refractivity contribution in [2.24, 2.45) is 0 Å². The molecule has 0 aliphatic carbocycles. The van der Waals surface area contributed by atoms with E-state index in [0.29, 0.717) is 19.3 Å². The smallest absolute Gasteiger partial charge is 0.306 e. The van der Waals surface area contributed by atoms with Gasteiger partial charge < -0.3 is 14.2 Å². The fraction of sp³-hybridized carbons (Fsp3) is 0.625. The molecule has 0 aromatic carbocycles. The highest BCUT2D eigenvalue weighted by atomic mass is 16.6. The van der Waals surface area contributed by atoms with Gasteiger partial charge in [-0.15, -0.1) is 0 Å². The van der Waals surface area contributed by atoms with Crippen molar-refractivity contribution in [3.8, 4) is 0 Å². The van der Waals surface area contributed by atoms with Crippen LogP contribution in [0.2, 0.25) is 0 Å². The summed E-state index contributed by atoms with van der Waals surface area (Å²) in [6.45, 7) is 6.35. The standard InChI is InChI=1S/C72H116O6/c1-4-7-10-13-16-19-22-24-26-28-30-32-34-35-36-37-39-40-42-44-46-48-50-53-56-59-62-65-71(74)77-68-69(67-76-70(73)64-61-58-55-52-21-18-15-12-9-6-3)78-72(75)66-63-60-57-54-51-49-47-45-43-41-38-33-31-29-27-25-23-20-17-14-11-8-5-2/h7-8,10-11,16-17,19-20,24-27,30-33,35-36,41,43,47,49,54,57,69H,4-6,9,12-15,18,21-23,28-29,34,37-40,42,44-46,48,50-53,55-56,58-68H2,1-3H3/b10-7-,11-8-,19-16-,20-17-,26-24-,27-25-,32-30-,33-31-,36-35-,43-41-,49-47-,57-54-. The lowest BCUT2D eigenvalue weighted by molar-refractivity contribution is -0.167. The Labute approximate surface area is 480 Å². The maximum absolute atomic E-state index is 12.9. The molecule has 0 fully saturated rings. The first-order valence-corrected chi connectivity index (χ1v) is 31.8. The highest BCUT2D eigenvalue weighted by molar-refractivity contribution is 5.71. The lowest BCUT2D eigenvalue weighted by Crippen LogP contribution is -2.30. The Kier molecular flexibility index (Phi) is 60.9. The van der Waals surface area contributed by atoms with Crippen molar-refractivity contribution in [2.45, 2.75) is 277 Å². The summed E-state index contributed by atoms with van der Waals surface area (Å²) in [5, 5.41) is 0. The summed E-state index contributed by atoms with van der Waals surface area (Å²) in [6.07, 6.45) is 92.9. The molecule has 0 spiro atoms. The minimum absolute atomic E-state index is 0.105. The van der Waals surface area contributed by atoms with Crippen LogP contribution in [0.3, 0.4) is 0 Å². The van der Waals surface area contributed by atoms with Gasteiger partial charge in [-0.05, 0) is 116 Å². The second-order valence-electron chi connectivity index (χ2n) is 20.6. The number of carbonyl (C=O) groups is 3. The summed E-state index contributed by atoms with van der Waals surface area (Å²) in [6, 6.07) is 0. The maximum atomic E-state index is 12.9. The Bertz CT molecular complexity index is 1710. The molecule has 0 bridgehead atoms. The van der Waals surface area contributed by atoms with E-state index in [9.17, 15) is 14.4 Å². The first-order valence-electron chi connectivity index (χ1n) is 31.8. The fourth-order valence-electron chi connectivity index (χ4n) is 8.40. The summed E-state index contributed by atoms with van der Waals surface area (Å²) < 4.78 is 16.8. The molecule has 1 unspecified atom stereocenters. The van der Waals surface area contributed by atoms with Crippen LogP contribution in [0.25, 0.3) is 0 Å². The van der Waals surface area contributed by atoms with Gasteiger partial charge in [-0.2, -0.15) is 0 Å². The molecule has 0 rings (SSSR count). The lowest BCUT2D eigenvalue weighted by Gasteiger charge is -2.18. The monoisotopic (exact) mass is 1080 g/mol. The molecule has 6 nitrogen and oxygen atoms in total. The Morgan fingerprint density at radius 3 is 0.821 bits per heavy atom. The van der Waals surface area contributed by atoms with Crippen molar-refractivity contribution in [1.82, 2.24) is 0 Å². The molecule has 0 aromatic heterocycles. The van der Waals surface area contributed by atoms with Gasteiger partial charge in [-0.25, -0.2) is 0 Å². The van der Waals surface area contributed by atoms with Gasteiger partial charge in [0, 0.05) is 19.3 Å². The number of rotatable bonds is 56. The van der Waals surface area contributed by atoms with Crippen LogP contribution >= 0.6 is 0 Å². The Balaban J connectivity index is 4.36. The predicted octanol–water partition coefficient (Wildman–Crippen LogP) is 21.9. The number of allylic oxidation sites excluding steroid dienone is 24. The van der Waals surface area contributed by atoms with E-state index >= 15 is 0 Å². The minimum atomic E-state index is -0.814. The number of hydrogen-bond acceptors (Lipinski definition) is 6. The van der Waals surface area contributed by atoms with Gasteiger partial charge in [-0.3, -0.25) is 14.4 Å². The van der Waals surface area contributed by atoms with Gasteiger partial charge >= 0.3 is 17.9 Å². The minimum Gasteiger partial charge on any atom is -0.462 e. The summed E-state index contributed by atoms with van der Waals surface area (Å²) in [7, 11) is 0. The van der Waals surface area contributed by atoms with Crippen molar-refractivity contribution in [1.29, 1.82) is 0 Å². The van der Waals surface area contributed by atoms with Gasteiger partial charge in [-0.1, -0.05) is 282 Å². The van der Waals surface area contributed by atoms with Crippen LogP contribution in [-0.2, 0) is 28.6 Å². The number of carbonyl (C=O) groups excluding carboxylic acids is 3. The highest BCUT2D eigenvalue weighted by Crippen LogP contribution is 2.15. The van der Waals surface area contributed by atoms with E-state index < -0.39 is 6.10 Å². The van der Waals surface area contributed by atoms with Crippen molar-refractivity contribution in [3.63, 3.8) is 0 Å². The van der Waals surface area contributed by atoms with E-state index in [1.807, 2.05) is 0 Å². The maximum Gasteiger partial charge on any atom is 0.306 e. The number of hydrogen-bond donors (Lipinski definition) is 0. The molecule has 0 N–H and O–H groups in total. The Hall–Kier alpha value is -4.71. The van der Waals surface area contributed by atoms with E-state index in [1.54, 1.807) is 0 Å². The summed E-state index contributed by atoms with van der Waals surface area (Å²) in [4.78, 5) is 38.2. The first kappa shape index (κ1) is 73.3. The molecule has 0 aliphatic rings. The van der Waals surface area contributed by atoms with Crippen molar-refractivity contribution in [2.75, 3.05) is 13.2 Å². The van der Waals surface area contributed by atoms with Crippen LogP contribution in [-0.4, -0.2) is 37.2 Å². The SMILES string of the molecule is CC/C=C\C/C=C\C/C=C\C/C=C\C/C=C\C/C=C\C/C=C\CCCC(=O)OC(COC(=O)CCCCCCCCCCCC)COC(=O)CCCCCCCCCCCCC/C=C\C/C=C\C/C=C\C/C=C\C/C=C\CC. The van der Waals surface area contributed by atoms with Crippen LogP contribution in [0.4, 0.5) is 0 Å². The van der Waals surface area contributed by atoms with Crippen LogP contribution in [0.15, 0.2) is 146 Å². The second kappa shape index (κ2) is 64.8. The molecular formula is C72H116O6. The lowest BCUT2D eigenvalue weighted by atomic mass is 10.0. The third-order valence-electron chi connectivity index (χ3n) is 13.1. The van der Waals surface area contributed by atoms with E-state index in [2.05, 4.69) is 167 Å². The topological polar surface area (TPSA) is 78.9 Å². The van der Waals surface area contributed by atoms with Gasteiger partial charge in [0.25, 0.3) is 0 Å². The molecule has 0 aliphatic heterocycles. The summed E-state index contributed by atoms with van der Waals surface area (Å²) in [5.41, 5.74) is 0. The van der Waals surface area contributed by atoms with Crippen molar-refractivity contribution in [3.05, 3.63) is 146 Å². The Morgan fingerprint density at radius 2 is 0.513 bits per heavy atom. The van der Waals surface area contributed by atoms with E-state index in [4.69, 9.17) is 14.2 Å². The molecule has 440 valence electrons. The molecule has 0 aromatic rings. The zero-order chi connectivity index (χ0) is 56.4. The third-order valence-corrected chi connectivity index (χ3v) is 13.1. The van der Waals surface area contributed by atoms with Crippen molar-refractivity contribution < 1.29 is 28.6 Å². The molecule has 0 amide bonds. The average Bonchev–Trinajstić information content (AvgIpc) is 3.44. The first-order chi connectivity index (χ1) is 38.5. The van der Waals surface area contributed by atoms with E-state index in [-0.39, 0.29) is 37.5 Å². The van der Waals surface area contributed by atoms with Gasteiger partial charge in [0.1, 0.15) is 13.2 Å². The zero-order valence-corrected chi connectivity index (χ0v) is 50.4. The molecule has 1 atom stereocenters. The van der Waals surface area contributed by atoms with E-state index in [0.717, 1.165) is 122 Å². The fourth-order valence-corrected chi connectivity index (χ4v) is 8.40. The molecule has 0 radical (unpaired) electrons. The number of esters is 3. The van der Waals surface area contributed by atoms with Crippen LogP contribution in [0.1, 0.15) is 271 Å². The summed E-state index contributed by atoms with van der Waals surface area (Å²) >= 11 is 0. The van der Waals surface area contributed by atoms with Crippen LogP contribution in [0, 0.1) is 0 Å². The quantitative estimate of drug-likeness (QED) is 0.0261. The molecule has 78 heavy (non-hydrogen) atoms. The largest absolute Gasteiger partial charge is 0.462 e. The zero-order valence-electron chi connectivity index (χ0n) is 50.4. The predicted molar refractivity (Wildman–Crippen MR) is 339 cm³/mol. The van der Waals surface area contributed by atoms with E-state index in [1.165, 1.54) is 103 Å². The molecule has 0 saturated carbocycles.